The summed E-state index contributed by atoms with van der Waals surface area (Å²) in [4.78, 5) is 25.9. The number of carbonyl (C=O) groups is 2. The van der Waals surface area contributed by atoms with Gasteiger partial charge in [-0.3, -0.25) is 0 Å². The topological polar surface area (TPSA) is 92.4 Å². The van der Waals surface area contributed by atoms with Crippen molar-refractivity contribution in [1.29, 1.82) is 0 Å². The molecule has 3 rings (SSSR count). The van der Waals surface area contributed by atoms with Crippen LogP contribution in [0.5, 0.6) is 0 Å². The largest absolute Gasteiger partial charge is 0.424 e. The van der Waals surface area contributed by atoms with Crippen LogP contribution in [0.4, 0.5) is 4.79 Å². The molecule has 25 heavy (non-hydrogen) atoms. The first-order chi connectivity index (χ1) is 11.8. The molecule has 3 amide bonds. The van der Waals surface area contributed by atoms with Gasteiger partial charge >= 0.3 is 11.9 Å². The maximum absolute atomic E-state index is 13.0. The lowest BCUT2D eigenvalue weighted by atomic mass is 10.1. The second kappa shape index (κ2) is 6.68. The Balaban J connectivity index is 1.80. The van der Waals surface area contributed by atoms with Crippen LogP contribution in [0.2, 0.25) is 5.02 Å². The Morgan fingerprint density at radius 3 is 2.68 bits per heavy atom. The van der Waals surface area contributed by atoms with E-state index in [2.05, 4.69) is 5.32 Å². The van der Waals surface area contributed by atoms with E-state index >= 15 is 0 Å². The molecule has 0 aromatic heterocycles. The van der Waals surface area contributed by atoms with Gasteiger partial charge in [0.05, 0.1) is 6.54 Å². The lowest BCUT2D eigenvalue weighted by Gasteiger charge is -2.34. The number of benzene rings is 1. The van der Waals surface area contributed by atoms with Crippen molar-refractivity contribution in [1.82, 2.24) is 5.32 Å². The van der Waals surface area contributed by atoms with Gasteiger partial charge in [0.15, 0.2) is 5.60 Å². The molecule has 1 aliphatic carbocycles. The molecule has 1 saturated carbocycles. The number of hydrogen-bond acceptors (Lipinski definition) is 4. The number of quaternary nitrogens is 1. The van der Waals surface area contributed by atoms with Crippen LogP contribution >= 0.6 is 11.6 Å². The second-order valence-electron chi connectivity index (χ2n) is 7.20. The van der Waals surface area contributed by atoms with E-state index in [9.17, 15) is 14.7 Å². The number of hydrogen-bond donors (Lipinski definition) is 3. The zero-order chi connectivity index (χ0) is 18.2. The van der Waals surface area contributed by atoms with Crippen molar-refractivity contribution in [2.24, 2.45) is 5.73 Å². The van der Waals surface area contributed by atoms with E-state index in [1.54, 1.807) is 12.1 Å². The zero-order valence-electron chi connectivity index (χ0n) is 14.4. The number of urea groups is 1. The smallest absolute Gasteiger partial charge is 0.376 e. The van der Waals surface area contributed by atoms with Crippen molar-refractivity contribution >= 4 is 23.5 Å². The second-order valence-corrected chi connectivity index (χ2v) is 7.63. The third-order valence-electron chi connectivity index (χ3n) is 5.55. The first kappa shape index (κ1) is 18.3. The lowest BCUT2D eigenvalue weighted by molar-refractivity contribution is -0.787. The molecule has 4 N–H and O–H groups in total. The lowest BCUT2D eigenvalue weighted by Crippen LogP contribution is -2.65. The summed E-state index contributed by atoms with van der Waals surface area (Å²) in [6.07, 6.45) is 2.47. The molecule has 7 heteroatoms. The number of likely N-dealkylation sites (tertiary alicyclic amines) is 1. The van der Waals surface area contributed by atoms with Crippen LogP contribution in [0.3, 0.4) is 0 Å². The first-order valence-corrected chi connectivity index (χ1v) is 9.12. The van der Waals surface area contributed by atoms with Crippen LogP contribution in [-0.2, 0) is 17.9 Å². The van der Waals surface area contributed by atoms with Gasteiger partial charge < -0.3 is 16.2 Å². The van der Waals surface area contributed by atoms with Crippen LogP contribution in [0.15, 0.2) is 18.2 Å². The summed E-state index contributed by atoms with van der Waals surface area (Å²) in [6, 6.07) is 4.89. The van der Waals surface area contributed by atoms with Gasteiger partial charge in [-0.05, 0) is 43.0 Å². The van der Waals surface area contributed by atoms with Crippen molar-refractivity contribution in [2.45, 2.75) is 57.3 Å². The Labute approximate surface area is 152 Å². The number of carbonyl (C=O) groups excluding carboxylic acids is 2. The summed E-state index contributed by atoms with van der Waals surface area (Å²) < 4.78 is -0.310. The molecule has 1 heterocycles. The average Bonchev–Trinajstić information content (AvgIpc) is 3.23. The minimum atomic E-state index is -1.32. The van der Waals surface area contributed by atoms with Gasteiger partial charge in [-0.2, -0.15) is 4.48 Å². The number of halogens is 1. The molecule has 136 valence electrons. The van der Waals surface area contributed by atoms with Gasteiger partial charge in [0.25, 0.3) is 0 Å². The molecule has 0 bridgehead atoms. The van der Waals surface area contributed by atoms with Gasteiger partial charge in [0.2, 0.25) is 0 Å². The van der Waals surface area contributed by atoms with Gasteiger partial charge in [-0.15, -0.1) is 0 Å². The Bertz CT molecular complexity index is 705. The highest BCUT2D eigenvalue weighted by Crippen LogP contribution is 2.42. The zero-order valence-corrected chi connectivity index (χ0v) is 15.2. The summed E-state index contributed by atoms with van der Waals surface area (Å²) in [5, 5.41) is 13.8. The van der Waals surface area contributed by atoms with E-state index in [1.165, 1.54) is 0 Å². The van der Waals surface area contributed by atoms with Crippen LogP contribution in [0.25, 0.3) is 0 Å². The molecule has 2 atom stereocenters. The minimum absolute atomic E-state index is 0.134. The fourth-order valence-electron chi connectivity index (χ4n) is 3.75. The molecule has 2 aliphatic rings. The third kappa shape index (κ3) is 3.19. The molecular formula is C18H25ClN3O3+. The van der Waals surface area contributed by atoms with E-state index in [0.717, 1.165) is 24.0 Å². The fourth-order valence-corrected chi connectivity index (χ4v) is 3.94. The van der Waals surface area contributed by atoms with E-state index in [-0.39, 0.29) is 29.0 Å². The first-order valence-electron chi connectivity index (χ1n) is 8.74. The van der Waals surface area contributed by atoms with E-state index in [1.807, 2.05) is 13.0 Å². The molecule has 1 aliphatic heterocycles. The van der Waals surface area contributed by atoms with Crippen molar-refractivity contribution in [3.05, 3.63) is 34.3 Å². The molecule has 1 saturated heterocycles. The summed E-state index contributed by atoms with van der Waals surface area (Å²) in [5.74, 6) is -0.361. The van der Waals surface area contributed by atoms with Crippen molar-refractivity contribution in [3.8, 4) is 0 Å². The third-order valence-corrected chi connectivity index (χ3v) is 5.79. The highest BCUT2D eigenvalue weighted by molar-refractivity contribution is 6.30. The molecule has 1 aromatic carbocycles. The molecule has 1 unspecified atom stereocenters. The van der Waals surface area contributed by atoms with Crippen molar-refractivity contribution < 1.29 is 19.2 Å². The van der Waals surface area contributed by atoms with Crippen molar-refractivity contribution in [2.75, 3.05) is 6.54 Å². The van der Waals surface area contributed by atoms with E-state index < -0.39 is 5.60 Å². The average molecular weight is 367 g/mol. The van der Waals surface area contributed by atoms with Gasteiger partial charge in [0.1, 0.15) is 6.04 Å². The number of rotatable bonds is 4. The summed E-state index contributed by atoms with van der Waals surface area (Å²) >= 11 is 6.04. The Morgan fingerprint density at radius 1 is 1.40 bits per heavy atom. The minimum Gasteiger partial charge on any atom is -0.376 e. The normalized spacial score (nSPS) is 27.1. The quantitative estimate of drug-likeness (QED) is 0.711. The maximum atomic E-state index is 13.0. The van der Waals surface area contributed by atoms with Crippen LogP contribution in [0.1, 0.15) is 43.7 Å². The summed E-state index contributed by atoms with van der Waals surface area (Å²) in [6.45, 7) is 2.94. The maximum Gasteiger partial charge on any atom is 0.424 e. The van der Waals surface area contributed by atoms with Crippen molar-refractivity contribution in [3.63, 3.8) is 0 Å². The number of aliphatic hydroxyl groups is 1. The number of imide groups is 1. The Morgan fingerprint density at radius 2 is 2.12 bits per heavy atom. The molecule has 1 aromatic rings. The van der Waals surface area contributed by atoms with Crippen LogP contribution in [-0.4, -0.2) is 39.7 Å². The number of nitrogens with zero attached hydrogens (tertiary/aromatic N) is 1. The van der Waals surface area contributed by atoms with E-state index in [0.29, 0.717) is 31.0 Å². The monoisotopic (exact) mass is 366 g/mol. The molecular weight excluding hydrogens is 342 g/mol. The number of nitrogens with two attached hydrogens (primary N) is 1. The van der Waals surface area contributed by atoms with Crippen LogP contribution in [0, 0.1) is 0 Å². The molecule has 6 nitrogen and oxygen atoms in total. The van der Waals surface area contributed by atoms with Gasteiger partial charge in [-0.25, -0.2) is 9.59 Å². The summed E-state index contributed by atoms with van der Waals surface area (Å²) in [7, 11) is 0. The number of amides is 3. The molecule has 0 spiro atoms. The Hall–Kier alpha value is -1.47. The SMILES string of the molecule is C[C@@H]1CCC[N+]1(C(=O)NCc1cc(Cl)ccc1CN)C(=O)C1(O)CC1. The number of nitrogens with one attached hydrogen (secondary N) is 1. The van der Waals surface area contributed by atoms with Gasteiger partial charge in [-0.1, -0.05) is 17.7 Å². The Kier molecular flexibility index (Phi) is 4.90. The van der Waals surface area contributed by atoms with Crippen LogP contribution < -0.4 is 11.1 Å². The highest BCUT2D eigenvalue weighted by Gasteiger charge is 2.64. The molecule has 0 radical (unpaired) electrons. The molecule has 2 fully saturated rings. The predicted molar refractivity (Wildman–Crippen MR) is 94.6 cm³/mol. The van der Waals surface area contributed by atoms with E-state index in [4.69, 9.17) is 17.3 Å². The van der Waals surface area contributed by atoms with Gasteiger partial charge in [0, 0.05) is 31.0 Å². The predicted octanol–water partition coefficient (Wildman–Crippen LogP) is 2.06. The standard InChI is InChI=1S/C18H24ClN3O3/c1-12-3-2-8-22(12,16(23)18(25)6-7-18)17(24)21-11-14-9-15(19)5-4-13(14)10-20/h4-5,9,12,25H,2-3,6-8,10-11,20H2,1H3/p+1/t12-,22?/m1/s1. The highest BCUT2D eigenvalue weighted by atomic mass is 35.5. The fraction of sp³-hybridized carbons (Fsp3) is 0.556. The summed E-state index contributed by atoms with van der Waals surface area (Å²) in [5.41, 5.74) is 6.16.